The number of aryl methyl sites for hydroxylation is 2. The topological polar surface area (TPSA) is 57.2 Å². The molecule has 0 aliphatic heterocycles. The van der Waals surface area contributed by atoms with Gasteiger partial charge in [0.25, 0.3) is 0 Å². The van der Waals surface area contributed by atoms with Gasteiger partial charge in [-0.2, -0.15) is 13.2 Å². The Kier molecular flexibility index (Phi) is 7.06. The van der Waals surface area contributed by atoms with Gasteiger partial charge in [0, 0.05) is 5.56 Å². The molecule has 0 amide bonds. The standard InChI is InChI=1S/C11H17S.CHF3O3S/c1-9-6-5-7-10(2)11(9)8-12(3)4;2-1(3,4)8(5,6)7/h5-7H,8H2,1-4H3;(H,5,6,7)/q+1;/p-1. The highest BCUT2D eigenvalue weighted by molar-refractivity contribution is 7.94. The summed E-state index contributed by atoms with van der Waals surface area (Å²) in [7, 11) is -5.58. The molecule has 0 N–H and O–H groups in total. The number of benzene rings is 1. The SMILES string of the molecule is Cc1cccc(C)c1C[S+](C)C.O=S(=O)([O-])C(F)(F)F. The van der Waals surface area contributed by atoms with Gasteiger partial charge in [0.1, 0.15) is 5.75 Å². The van der Waals surface area contributed by atoms with Gasteiger partial charge in [0.05, 0.1) is 12.5 Å². The normalized spacial score (nSPS) is 12.1. The van der Waals surface area contributed by atoms with E-state index in [9.17, 15) is 13.2 Å². The molecule has 8 heteroatoms. The summed E-state index contributed by atoms with van der Waals surface area (Å²) in [4.78, 5) is 0. The van der Waals surface area contributed by atoms with E-state index in [1.807, 2.05) is 0 Å². The molecule has 0 saturated carbocycles. The third kappa shape index (κ3) is 6.62. The first kappa shape index (κ1) is 19.3. The van der Waals surface area contributed by atoms with Gasteiger partial charge in [-0.15, -0.1) is 0 Å². The number of hydrogen-bond acceptors (Lipinski definition) is 3. The Bertz CT molecular complexity index is 517. The fraction of sp³-hybridized carbons (Fsp3) is 0.500. The van der Waals surface area contributed by atoms with Crippen molar-refractivity contribution in [3.8, 4) is 0 Å². The minimum atomic E-state index is -6.09. The first-order valence-electron chi connectivity index (χ1n) is 5.47. The molecule has 3 nitrogen and oxygen atoms in total. The molecule has 0 unspecified atom stereocenters. The van der Waals surface area contributed by atoms with E-state index in [1.165, 1.54) is 16.9 Å². The molecule has 0 bridgehead atoms. The second kappa shape index (κ2) is 7.33. The van der Waals surface area contributed by atoms with E-state index in [0.29, 0.717) is 10.9 Å². The molecule has 0 spiro atoms. The van der Waals surface area contributed by atoms with Gasteiger partial charge in [-0.1, -0.05) is 18.2 Å². The lowest BCUT2D eigenvalue weighted by molar-refractivity contribution is -0.0517. The van der Waals surface area contributed by atoms with Crippen LogP contribution in [0.15, 0.2) is 18.2 Å². The fourth-order valence-corrected chi connectivity index (χ4v) is 2.40. The van der Waals surface area contributed by atoms with Crippen molar-refractivity contribution in [3.63, 3.8) is 0 Å². The summed E-state index contributed by atoms with van der Waals surface area (Å²) in [5.74, 6) is 1.23. The molecule has 116 valence electrons. The van der Waals surface area contributed by atoms with Crippen LogP contribution < -0.4 is 0 Å². The zero-order valence-corrected chi connectivity index (χ0v) is 13.2. The molecular formula is C12H17F3O3S2. The van der Waals surface area contributed by atoms with Crippen molar-refractivity contribution in [2.24, 2.45) is 0 Å². The Balaban J connectivity index is 0.000000396. The van der Waals surface area contributed by atoms with Crippen LogP contribution in [0.4, 0.5) is 13.2 Å². The highest BCUT2D eigenvalue weighted by atomic mass is 32.2. The van der Waals surface area contributed by atoms with Gasteiger partial charge in [-0.3, -0.25) is 0 Å². The summed E-state index contributed by atoms with van der Waals surface area (Å²) < 4.78 is 58.9. The number of rotatable bonds is 2. The Morgan fingerprint density at radius 2 is 1.50 bits per heavy atom. The summed E-state index contributed by atoms with van der Waals surface area (Å²) in [5.41, 5.74) is -1.22. The number of halogens is 3. The Labute approximate surface area is 120 Å². The van der Waals surface area contributed by atoms with E-state index in [4.69, 9.17) is 13.0 Å². The predicted molar refractivity (Wildman–Crippen MR) is 74.6 cm³/mol. The van der Waals surface area contributed by atoms with Crippen LogP contribution in [-0.2, 0) is 26.8 Å². The highest BCUT2D eigenvalue weighted by Crippen LogP contribution is 2.20. The average molecular weight is 330 g/mol. The zero-order valence-electron chi connectivity index (χ0n) is 11.6. The van der Waals surface area contributed by atoms with E-state index < -0.39 is 15.6 Å². The van der Waals surface area contributed by atoms with Crippen LogP contribution in [0.1, 0.15) is 16.7 Å². The predicted octanol–water partition coefficient (Wildman–Crippen LogP) is 2.73. The second-order valence-electron chi connectivity index (χ2n) is 4.40. The van der Waals surface area contributed by atoms with E-state index in [1.54, 1.807) is 5.56 Å². The van der Waals surface area contributed by atoms with Crippen molar-refractivity contribution < 1.29 is 26.1 Å². The van der Waals surface area contributed by atoms with Crippen LogP contribution in [0.25, 0.3) is 0 Å². The van der Waals surface area contributed by atoms with E-state index in [0.717, 1.165) is 0 Å². The summed E-state index contributed by atoms with van der Waals surface area (Å²) in [6, 6.07) is 6.54. The molecule has 0 aliphatic rings. The fourth-order valence-electron chi connectivity index (χ4n) is 1.37. The molecule has 0 heterocycles. The van der Waals surface area contributed by atoms with Crippen molar-refractivity contribution in [2.45, 2.75) is 25.1 Å². The maximum atomic E-state index is 10.7. The third-order valence-corrected chi connectivity index (χ3v) is 3.79. The number of alkyl halides is 3. The lowest BCUT2D eigenvalue weighted by Crippen LogP contribution is -2.21. The maximum absolute atomic E-state index is 10.7. The Hall–Kier alpha value is -0.730. The molecule has 1 rings (SSSR count). The first-order chi connectivity index (χ1) is 8.86. The quantitative estimate of drug-likeness (QED) is 0.476. The second-order valence-corrected chi connectivity index (χ2v) is 8.03. The molecule has 0 radical (unpaired) electrons. The average Bonchev–Trinajstić information content (AvgIpc) is 2.21. The van der Waals surface area contributed by atoms with Crippen LogP contribution >= 0.6 is 0 Å². The van der Waals surface area contributed by atoms with Gasteiger partial charge in [-0.05, 0) is 35.9 Å². The van der Waals surface area contributed by atoms with Crippen LogP contribution in [0.2, 0.25) is 0 Å². The first-order valence-corrected chi connectivity index (χ1v) is 9.09. The molecule has 0 fully saturated rings. The van der Waals surface area contributed by atoms with Crippen molar-refractivity contribution in [1.82, 2.24) is 0 Å². The van der Waals surface area contributed by atoms with E-state index >= 15 is 0 Å². The largest absolute Gasteiger partial charge is 0.741 e. The molecule has 20 heavy (non-hydrogen) atoms. The third-order valence-electron chi connectivity index (χ3n) is 2.36. The van der Waals surface area contributed by atoms with Crippen LogP contribution in [0.3, 0.4) is 0 Å². The minimum Gasteiger partial charge on any atom is -0.741 e. The van der Waals surface area contributed by atoms with Gasteiger partial charge in [-0.25, -0.2) is 8.42 Å². The Morgan fingerprint density at radius 1 is 1.15 bits per heavy atom. The van der Waals surface area contributed by atoms with Crippen molar-refractivity contribution in [2.75, 3.05) is 12.5 Å². The van der Waals surface area contributed by atoms with Crippen molar-refractivity contribution in [3.05, 3.63) is 34.9 Å². The molecule has 0 aliphatic carbocycles. The maximum Gasteiger partial charge on any atom is 0.485 e. The molecule has 0 saturated heterocycles. The molecule has 1 aromatic rings. The van der Waals surface area contributed by atoms with Gasteiger partial charge in [0.15, 0.2) is 10.1 Å². The van der Waals surface area contributed by atoms with E-state index in [2.05, 4.69) is 44.6 Å². The Morgan fingerprint density at radius 3 is 1.75 bits per heavy atom. The van der Waals surface area contributed by atoms with Gasteiger partial charge in [0.2, 0.25) is 0 Å². The van der Waals surface area contributed by atoms with E-state index in [-0.39, 0.29) is 0 Å². The van der Waals surface area contributed by atoms with Crippen LogP contribution in [0.5, 0.6) is 0 Å². The monoisotopic (exact) mass is 330 g/mol. The summed E-state index contributed by atoms with van der Waals surface area (Å²) >= 11 is 0. The van der Waals surface area contributed by atoms with Gasteiger partial charge < -0.3 is 4.55 Å². The highest BCUT2D eigenvalue weighted by Gasteiger charge is 2.36. The molecule has 0 aromatic heterocycles. The van der Waals surface area contributed by atoms with Crippen molar-refractivity contribution >= 4 is 21.0 Å². The number of hydrogen-bond donors (Lipinski definition) is 0. The van der Waals surface area contributed by atoms with Crippen LogP contribution in [0, 0.1) is 13.8 Å². The van der Waals surface area contributed by atoms with Crippen molar-refractivity contribution in [1.29, 1.82) is 0 Å². The summed E-state index contributed by atoms with van der Waals surface area (Å²) in [6.45, 7) is 4.41. The lowest BCUT2D eigenvalue weighted by Gasteiger charge is -2.08. The van der Waals surface area contributed by atoms with Crippen LogP contribution in [-0.4, -0.2) is 31.0 Å². The molecule has 1 aromatic carbocycles. The lowest BCUT2D eigenvalue weighted by atomic mass is 10.1. The zero-order chi connectivity index (χ0) is 16.1. The molecule has 0 atom stereocenters. The minimum absolute atomic E-state index is 0.513. The molecular weight excluding hydrogens is 313 g/mol. The summed E-state index contributed by atoms with van der Waals surface area (Å²) in [5, 5.41) is 0. The smallest absolute Gasteiger partial charge is 0.485 e. The summed E-state index contributed by atoms with van der Waals surface area (Å²) in [6.07, 6.45) is 4.60. The van der Waals surface area contributed by atoms with Gasteiger partial charge >= 0.3 is 5.51 Å².